The SMILES string of the molecule is NC1CCC2CC(C1)ON2. The second-order valence-corrected chi connectivity index (χ2v) is 3.36. The number of hydrogen-bond donors (Lipinski definition) is 2. The van der Waals surface area contributed by atoms with E-state index in [9.17, 15) is 0 Å². The summed E-state index contributed by atoms with van der Waals surface area (Å²) in [4.78, 5) is 5.30. The van der Waals surface area contributed by atoms with Crippen molar-refractivity contribution in [2.45, 2.75) is 43.9 Å². The van der Waals surface area contributed by atoms with Crippen molar-refractivity contribution in [1.82, 2.24) is 5.48 Å². The summed E-state index contributed by atoms with van der Waals surface area (Å²) in [6.45, 7) is 0. The fourth-order valence-electron chi connectivity index (χ4n) is 1.80. The van der Waals surface area contributed by atoms with Crippen LogP contribution in [0.3, 0.4) is 0 Å². The Kier molecular flexibility index (Phi) is 1.64. The summed E-state index contributed by atoms with van der Waals surface area (Å²) in [6, 6.07) is 0.954. The van der Waals surface area contributed by atoms with Crippen molar-refractivity contribution in [3.63, 3.8) is 0 Å². The van der Waals surface area contributed by atoms with E-state index < -0.39 is 0 Å². The lowest BCUT2D eigenvalue weighted by atomic mass is 10.1. The molecular formula is C7H14N2O. The van der Waals surface area contributed by atoms with Crippen molar-refractivity contribution in [3.05, 3.63) is 0 Å². The molecule has 0 radical (unpaired) electrons. The molecule has 0 spiro atoms. The fraction of sp³-hybridized carbons (Fsp3) is 1.00. The zero-order chi connectivity index (χ0) is 6.97. The zero-order valence-corrected chi connectivity index (χ0v) is 6.05. The second-order valence-electron chi connectivity index (χ2n) is 3.36. The Morgan fingerprint density at radius 2 is 2.20 bits per heavy atom. The molecule has 2 bridgehead atoms. The molecule has 0 amide bonds. The lowest BCUT2D eigenvalue weighted by Gasteiger charge is -2.15. The second kappa shape index (κ2) is 2.49. The molecule has 1 aliphatic carbocycles. The van der Waals surface area contributed by atoms with Crippen LogP contribution in [0.15, 0.2) is 0 Å². The molecule has 3 heteroatoms. The Morgan fingerprint density at radius 3 is 3.10 bits per heavy atom. The molecule has 3 N–H and O–H groups in total. The van der Waals surface area contributed by atoms with Crippen molar-refractivity contribution in [1.29, 1.82) is 0 Å². The van der Waals surface area contributed by atoms with Crippen LogP contribution >= 0.6 is 0 Å². The van der Waals surface area contributed by atoms with Crippen LogP contribution < -0.4 is 11.2 Å². The number of nitrogens with two attached hydrogens (primary N) is 1. The van der Waals surface area contributed by atoms with Gasteiger partial charge in [-0.1, -0.05) is 0 Å². The van der Waals surface area contributed by atoms with Gasteiger partial charge in [0.25, 0.3) is 0 Å². The summed E-state index contributed by atoms with van der Waals surface area (Å²) in [7, 11) is 0. The topological polar surface area (TPSA) is 47.3 Å². The van der Waals surface area contributed by atoms with Gasteiger partial charge in [-0.3, -0.25) is 4.84 Å². The Balaban J connectivity index is 1.99. The first kappa shape index (κ1) is 6.58. The average Bonchev–Trinajstić information content (AvgIpc) is 2.22. The molecule has 2 fully saturated rings. The normalized spacial score (nSPS) is 47.1. The first-order valence-corrected chi connectivity index (χ1v) is 4.01. The standard InChI is InChI=1S/C7H14N2O/c8-5-1-2-6-4-7(3-5)10-9-6/h5-7,9H,1-4,8H2. The Hall–Kier alpha value is -0.120. The van der Waals surface area contributed by atoms with Gasteiger partial charge in [0.1, 0.15) is 0 Å². The van der Waals surface area contributed by atoms with E-state index in [1.165, 1.54) is 6.42 Å². The number of hydroxylamine groups is 1. The van der Waals surface area contributed by atoms with Crippen LogP contribution in [-0.4, -0.2) is 18.2 Å². The average molecular weight is 142 g/mol. The largest absolute Gasteiger partial charge is 0.328 e. The maximum absolute atomic E-state index is 5.81. The maximum atomic E-state index is 5.81. The molecule has 3 unspecified atom stereocenters. The van der Waals surface area contributed by atoms with Gasteiger partial charge in [0.15, 0.2) is 0 Å². The first-order valence-electron chi connectivity index (χ1n) is 4.01. The van der Waals surface area contributed by atoms with Gasteiger partial charge in [-0.25, -0.2) is 0 Å². The third-order valence-electron chi connectivity index (χ3n) is 2.40. The summed E-state index contributed by atoms with van der Waals surface area (Å²) in [5, 5.41) is 0. The molecule has 0 aromatic heterocycles. The number of rotatable bonds is 0. The Bertz CT molecular complexity index is 129. The minimum Gasteiger partial charge on any atom is -0.328 e. The molecule has 2 rings (SSSR count). The van der Waals surface area contributed by atoms with Crippen molar-refractivity contribution < 1.29 is 4.84 Å². The highest BCUT2D eigenvalue weighted by molar-refractivity contribution is 4.83. The number of fused-ring (bicyclic) bond motifs is 2. The summed E-state index contributed by atoms with van der Waals surface area (Å²) in [5.41, 5.74) is 8.84. The van der Waals surface area contributed by atoms with Gasteiger partial charge in [-0.15, -0.1) is 0 Å². The minimum absolute atomic E-state index is 0.372. The van der Waals surface area contributed by atoms with Crippen LogP contribution in [0, 0.1) is 0 Å². The van der Waals surface area contributed by atoms with Crippen LogP contribution in [0.1, 0.15) is 25.7 Å². The molecule has 2 aliphatic rings. The van der Waals surface area contributed by atoms with Gasteiger partial charge < -0.3 is 5.73 Å². The van der Waals surface area contributed by atoms with Gasteiger partial charge in [0.2, 0.25) is 0 Å². The molecule has 1 saturated carbocycles. The van der Waals surface area contributed by atoms with Gasteiger partial charge in [-0.2, -0.15) is 5.48 Å². The predicted octanol–water partition coefficient (Wildman–Crippen LogP) is 0.160. The molecule has 58 valence electrons. The molecule has 0 aromatic rings. The molecule has 1 saturated heterocycles. The van der Waals surface area contributed by atoms with Crippen molar-refractivity contribution in [3.8, 4) is 0 Å². The van der Waals surface area contributed by atoms with Crippen molar-refractivity contribution >= 4 is 0 Å². The molecule has 0 aromatic carbocycles. The monoisotopic (exact) mass is 142 g/mol. The fourth-order valence-corrected chi connectivity index (χ4v) is 1.80. The summed E-state index contributed by atoms with van der Waals surface area (Å²) >= 11 is 0. The van der Waals surface area contributed by atoms with Crippen LogP contribution in [0.2, 0.25) is 0 Å². The van der Waals surface area contributed by atoms with E-state index in [-0.39, 0.29) is 0 Å². The first-order chi connectivity index (χ1) is 4.84. The van der Waals surface area contributed by atoms with E-state index in [2.05, 4.69) is 5.48 Å². The lowest BCUT2D eigenvalue weighted by molar-refractivity contribution is 0.0116. The van der Waals surface area contributed by atoms with E-state index in [0.29, 0.717) is 18.2 Å². The van der Waals surface area contributed by atoms with Crippen molar-refractivity contribution in [2.75, 3.05) is 0 Å². The lowest BCUT2D eigenvalue weighted by Crippen LogP contribution is -2.29. The molecule has 3 atom stereocenters. The van der Waals surface area contributed by atoms with Gasteiger partial charge in [0.05, 0.1) is 6.10 Å². The number of nitrogens with one attached hydrogen (secondary N) is 1. The van der Waals surface area contributed by atoms with Gasteiger partial charge in [-0.05, 0) is 25.7 Å². The predicted molar refractivity (Wildman–Crippen MR) is 38.2 cm³/mol. The summed E-state index contributed by atoms with van der Waals surface area (Å²) < 4.78 is 0. The van der Waals surface area contributed by atoms with E-state index in [1.54, 1.807) is 0 Å². The highest BCUT2D eigenvalue weighted by Crippen LogP contribution is 2.24. The molecule has 10 heavy (non-hydrogen) atoms. The van der Waals surface area contributed by atoms with Crippen LogP contribution in [0.5, 0.6) is 0 Å². The van der Waals surface area contributed by atoms with E-state index in [4.69, 9.17) is 10.6 Å². The van der Waals surface area contributed by atoms with Gasteiger partial charge in [0, 0.05) is 12.1 Å². The Morgan fingerprint density at radius 1 is 1.30 bits per heavy atom. The van der Waals surface area contributed by atoms with Crippen LogP contribution in [0.4, 0.5) is 0 Å². The highest BCUT2D eigenvalue weighted by Gasteiger charge is 2.30. The Labute approximate surface area is 60.9 Å². The third kappa shape index (κ3) is 1.17. The molecule has 1 aliphatic heterocycles. The zero-order valence-electron chi connectivity index (χ0n) is 6.05. The van der Waals surface area contributed by atoms with Crippen LogP contribution in [0.25, 0.3) is 0 Å². The molecular weight excluding hydrogens is 128 g/mol. The van der Waals surface area contributed by atoms with Crippen molar-refractivity contribution in [2.24, 2.45) is 5.73 Å². The van der Waals surface area contributed by atoms with Crippen LogP contribution in [-0.2, 0) is 4.84 Å². The van der Waals surface area contributed by atoms with Gasteiger partial charge >= 0.3 is 0 Å². The smallest absolute Gasteiger partial charge is 0.0820 e. The number of hydrogen-bond acceptors (Lipinski definition) is 3. The van der Waals surface area contributed by atoms with E-state index in [1.807, 2.05) is 0 Å². The quantitative estimate of drug-likeness (QED) is 0.506. The van der Waals surface area contributed by atoms with E-state index >= 15 is 0 Å². The maximum Gasteiger partial charge on any atom is 0.0820 e. The summed E-state index contributed by atoms with van der Waals surface area (Å²) in [5.74, 6) is 0. The third-order valence-corrected chi connectivity index (χ3v) is 2.40. The molecule has 3 nitrogen and oxygen atoms in total. The highest BCUT2D eigenvalue weighted by atomic mass is 16.7. The minimum atomic E-state index is 0.372. The molecule has 1 heterocycles. The van der Waals surface area contributed by atoms with E-state index in [0.717, 1.165) is 19.3 Å². The summed E-state index contributed by atoms with van der Waals surface area (Å²) in [6.07, 6.45) is 4.91.